The molecule has 0 saturated heterocycles. The van der Waals surface area contributed by atoms with Crippen molar-refractivity contribution in [3.63, 3.8) is 0 Å². The van der Waals surface area contributed by atoms with E-state index in [-0.39, 0.29) is 11.8 Å². The number of ether oxygens (including phenoxy) is 1. The highest BCUT2D eigenvalue weighted by Gasteiger charge is 2.35. The number of imide groups is 1. The molecule has 71 valence electrons. The minimum atomic E-state index is -0.340. The Labute approximate surface area is 81.1 Å². The molecule has 0 N–H and O–H groups in total. The van der Waals surface area contributed by atoms with Crippen molar-refractivity contribution in [2.24, 2.45) is 0 Å². The topological polar surface area (TPSA) is 46.6 Å². The van der Waals surface area contributed by atoms with Crippen LogP contribution >= 0.6 is 0 Å². The van der Waals surface area contributed by atoms with Crippen LogP contribution in [0.1, 0.15) is 20.7 Å². The van der Waals surface area contributed by atoms with Crippen molar-refractivity contribution < 1.29 is 14.3 Å². The van der Waals surface area contributed by atoms with E-state index in [4.69, 9.17) is 0 Å². The molecule has 0 aliphatic carbocycles. The van der Waals surface area contributed by atoms with Gasteiger partial charge in [-0.1, -0.05) is 12.1 Å². The van der Waals surface area contributed by atoms with E-state index in [0.29, 0.717) is 11.1 Å². The molecule has 1 aliphatic rings. The van der Waals surface area contributed by atoms with E-state index in [2.05, 4.69) is 4.74 Å². The molecule has 0 atom stereocenters. The van der Waals surface area contributed by atoms with E-state index in [0.717, 1.165) is 11.6 Å². The molecule has 0 unspecified atom stereocenters. The highest BCUT2D eigenvalue weighted by molar-refractivity contribution is 6.21. The van der Waals surface area contributed by atoms with Crippen molar-refractivity contribution in [1.82, 2.24) is 4.90 Å². The molecule has 0 fully saturated rings. The monoisotopic (exact) mass is 190 g/mol. The van der Waals surface area contributed by atoms with Crippen LogP contribution in [0.5, 0.6) is 0 Å². The second-order valence-electron chi connectivity index (χ2n) is 2.87. The maximum atomic E-state index is 11.6. The van der Waals surface area contributed by atoms with Crippen molar-refractivity contribution >= 4 is 11.8 Å². The second kappa shape index (κ2) is 3.23. The summed E-state index contributed by atoms with van der Waals surface area (Å²) >= 11 is 0. The summed E-state index contributed by atoms with van der Waals surface area (Å²) in [7, 11) is 1.39. The summed E-state index contributed by atoms with van der Waals surface area (Å²) < 4.78 is 4.66. The van der Waals surface area contributed by atoms with Gasteiger partial charge in [0.2, 0.25) is 0 Å². The average molecular weight is 190 g/mol. The van der Waals surface area contributed by atoms with Crippen LogP contribution in [0.4, 0.5) is 0 Å². The summed E-state index contributed by atoms with van der Waals surface area (Å²) in [5, 5.41) is 0. The van der Waals surface area contributed by atoms with Gasteiger partial charge in [0.05, 0.1) is 11.1 Å². The molecule has 0 saturated carbocycles. The molecule has 0 aromatic heterocycles. The van der Waals surface area contributed by atoms with E-state index in [1.165, 1.54) is 7.11 Å². The van der Waals surface area contributed by atoms with Gasteiger partial charge in [0, 0.05) is 7.11 Å². The molecule has 1 aliphatic heterocycles. The van der Waals surface area contributed by atoms with E-state index >= 15 is 0 Å². The smallest absolute Gasteiger partial charge is 0.263 e. The summed E-state index contributed by atoms with van der Waals surface area (Å²) in [6, 6.07) is 6.69. The fourth-order valence-electron chi connectivity index (χ4n) is 1.41. The minimum absolute atomic E-state index is 0.340. The third kappa shape index (κ3) is 1.12. The first kappa shape index (κ1) is 8.90. The predicted octanol–water partition coefficient (Wildman–Crippen LogP) is 1.05. The van der Waals surface area contributed by atoms with Crippen LogP contribution < -0.4 is 0 Å². The Morgan fingerprint density at radius 2 is 1.64 bits per heavy atom. The number of rotatable bonds is 2. The zero-order valence-corrected chi connectivity index (χ0v) is 7.56. The van der Waals surface area contributed by atoms with Gasteiger partial charge in [0.1, 0.15) is 0 Å². The number of amides is 2. The fraction of sp³-hybridized carbons (Fsp3) is 0.100. The van der Waals surface area contributed by atoms with Crippen LogP contribution in [-0.2, 0) is 4.74 Å². The first-order valence-corrected chi connectivity index (χ1v) is 4.08. The van der Waals surface area contributed by atoms with Crippen LogP contribution in [0.15, 0.2) is 24.3 Å². The second-order valence-corrected chi connectivity index (χ2v) is 2.87. The Morgan fingerprint density at radius 1 is 1.14 bits per heavy atom. The number of methoxy groups -OCH3 is 1. The lowest BCUT2D eigenvalue weighted by atomic mass is 10.1. The van der Waals surface area contributed by atoms with Gasteiger partial charge < -0.3 is 4.74 Å². The minimum Gasteiger partial charge on any atom is -0.356 e. The van der Waals surface area contributed by atoms with Gasteiger partial charge in [-0.05, 0) is 12.1 Å². The molecule has 4 nitrogen and oxygen atoms in total. The lowest BCUT2D eigenvalue weighted by Gasteiger charge is -2.09. The molecule has 14 heavy (non-hydrogen) atoms. The molecule has 4 heteroatoms. The largest absolute Gasteiger partial charge is 0.356 e. The Hall–Kier alpha value is -1.68. The first-order valence-electron chi connectivity index (χ1n) is 4.08. The van der Waals surface area contributed by atoms with Gasteiger partial charge in [-0.3, -0.25) is 9.59 Å². The van der Waals surface area contributed by atoms with Crippen LogP contribution in [0.2, 0.25) is 0 Å². The Kier molecular flexibility index (Phi) is 2.05. The molecular formula is C10H8NO3. The van der Waals surface area contributed by atoms with Crippen molar-refractivity contribution in [3.8, 4) is 0 Å². The number of carbonyl (C=O) groups is 2. The van der Waals surface area contributed by atoms with Gasteiger partial charge in [-0.2, -0.15) is 0 Å². The highest BCUT2D eigenvalue weighted by Crippen LogP contribution is 2.22. The predicted molar refractivity (Wildman–Crippen MR) is 48.3 cm³/mol. The van der Waals surface area contributed by atoms with Crippen molar-refractivity contribution in [1.29, 1.82) is 0 Å². The molecule has 2 rings (SSSR count). The zero-order valence-electron chi connectivity index (χ0n) is 7.56. The molecule has 0 spiro atoms. The lowest BCUT2D eigenvalue weighted by molar-refractivity contribution is 0.0571. The molecular weight excluding hydrogens is 182 g/mol. The number of fused-ring (bicyclic) bond motifs is 1. The molecule has 1 heterocycles. The Morgan fingerprint density at radius 3 is 2.07 bits per heavy atom. The van der Waals surface area contributed by atoms with Crippen molar-refractivity contribution in [2.75, 3.05) is 7.11 Å². The van der Waals surface area contributed by atoms with E-state index in [1.54, 1.807) is 24.3 Å². The molecule has 1 radical (unpaired) electrons. The first-order chi connectivity index (χ1) is 6.75. The average Bonchev–Trinajstić information content (AvgIpc) is 2.45. The highest BCUT2D eigenvalue weighted by atomic mass is 16.5. The molecule has 2 amide bonds. The maximum absolute atomic E-state index is 11.6. The van der Waals surface area contributed by atoms with Crippen LogP contribution in [0.3, 0.4) is 0 Å². The van der Waals surface area contributed by atoms with Gasteiger partial charge in [0.15, 0.2) is 6.73 Å². The third-order valence-electron chi connectivity index (χ3n) is 2.04. The summed E-state index contributed by atoms with van der Waals surface area (Å²) in [5.74, 6) is -0.681. The van der Waals surface area contributed by atoms with Gasteiger partial charge in [-0.15, -0.1) is 0 Å². The summed E-state index contributed by atoms with van der Waals surface area (Å²) in [6.07, 6.45) is 0. The van der Waals surface area contributed by atoms with Gasteiger partial charge >= 0.3 is 0 Å². The normalized spacial score (nSPS) is 14.8. The maximum Gasteiger partial charge on any atom is 0.263 e. The number of nitrogens with zero attached hydrogens (tertiary/aromatic N) is 1. The van der Waals surface area contributed by atoms with Gasteiger partial charge in [0.25, 0.3) is 11.8 Å². The summed E-state index contributed by atoms with van der Waals surface area (Å²) in [6.45, 7) is 1.12. The number of hydrogen-bond donors (Lipinski definition) is 0. The number of benzene rings is 1. The van der Waals surface area contributed by atoms with E-state index in [9.17, 15) is 9.59 Å². The third-order valence-corrected chi connectivity index (χ3v) is 2.04. The number of carbonyl (C=O) groups excluding carboxylic acids is 2. The summed E-state index contributed by atoms with van der Waals surface area (Å²) in [4.78, 5) is 24.1. The van der Waals surface area contributed by atoms with E-state index in [1.807, 2.05) is 0 Å². The Balaban J connectivity index is 2.43. The summed E-state index contributed by atoms with van der Waals surface area (Å²) in [5.41, 5.74) is 0.844. The zero-order chi connectivity index (χ0) is 10.1. The van der Waals surface area contributed by atoms with Crippen LogP contribution in [0.25, 0.3) is 0 Å². The number of hydrogen-bond acceptors (Lipinski definition) is 3. The van der Waals surface area contributed by atoms with E-state index < -0.39 is 0 Å². The van der Waals surface area contributed by atoms with Crippen molar-refractivity contribution in [3.05, 3.63) is 42.1 Å². The van der Waals surface area contributed by atoms with Crippen LogP contribution in [-0.4, -0.2) is 23.8 Å². The molecule has 1 aromatic carbocycles. The SMILES string of the molecule is CO[CH]N1C(=O)c2ccccc2C1=O. The standard InChI is InChI=1S/C10H8NO3/c1-14-6-11-9(12)7-4-2-3-5-8(7)10(11)13/h2-6H,1H3. The Bertz CT molecular complexity index is 365. The lowest BCUT2D eigenvalue weighted by Crippen LogP contribution is -2.27. The molecule has 0 bridgehead atoms. The molecule has 1 aromatic rings. The van der Waals surface area contributed by atoms with Gasteiger partial charge in [-0.25, -0.2) is 4.90 Å². The van der Waals surface area contributed by atoms with Crippen LogP contribution in [0, 0.1) is 6.73 Å². The fourth-order valence-corrected chi connectivity index (χ4v) is 1.41. The quantitative estimate of drug-likeness (QED) is 0.655. The van der Waals surface area contributed by atoms with Crippen molar-refractivity contribution in [2.45, 2.75) is 0 Å².